The van der Waals surface area contributed by atoms with Crippen LogP contribution < -0.4 is 5.32 Å². The van der Waals surface area contributed by atoms with E-state index >= 15 is 0 Å². The van der Waals surface area contributed by atoms with Gasteiger partial charge in [0.25, 0.3) is 5.91 Å². The van der Waals surface area contributed by atoms with Crippen molar-refractivity contribution < 1.29 is 18.0 Å². The van der Waals surface area contributed by atoms with Gasteiger partial charge in [-0.15, -0.1) is 0 Å². The Bertz CT molecular complexity index is 724. The molecule has 0 spiro atoms. The molecule has 140 valence electrons. The van der Waals surface area contributed by atoms with Gasteiger partial charge in [-0.25, -0.2) is 4.98 Å². The minimum absolute atomic E-state index is 0.0785. The number of hydrogen-bond donors (Lipinski definition) is 1. The van der Waals surface area contributed by atoms with Crippen molar-refractivity contribution >= 4 is 17.4 Å². The highest BCUT2D eigenvalue weighted by Gasteiger charge is 2.33. The summed E-state index contributed by atoms with van der Waals surface area (Å²) < 4.78 is 39.1. The number of rotatable bonds is 7. The van der Waals surface area contributed by atoms with Gasteiger partial charge >= 0.3 is 6.18 Å². The van der Waals surface area contributed by atoms with Gasteiger partial charge in [-0.1, -0.05) is 26.0 Å². The lowest BCUT2D eigenvalue weighted by atomic mass is 10.1. The van der Waals surface area contributed by atoms with Crippen molar-refractivity contribution in [3.05, 3.63) is 53.7 Å². The van der Waals surface area contributed by atoms with Crippen molar-refractivity contribution in [2.75, 3.05) is 18.4 Å². The van der Waals surface area contributed by atoms with E-state index in [2.05, 4.69) is 10.3 Å². The monoisotopic (exact) mass is 365 g/mol. The maximum atomic E-state index is 13.0. The molecule has 2 rings (SSSR count). The van der Waals surface area contributed by atoms with Crippen LogP contribution in [0.15, 0.2) is 42.6 Å². The predicted molar refractivity (Wildman–Crippen MR) is 95.4 cm³/mol. The van der Waals surface area contributed by atoms with E-state index in [-0.39, 0.29) is 17.4 Å². The second-order valence-electron chi connectivity index (χ2n) is 5.89. The summed E-state index contributed by atoms with van der Waals surface area (Å²) in [4.78, 5) is 18.3. The molecule has 0 saturated carbocycles. The molecule has 1 amide bonds. The first kappa shape index (κ1) is 19.8. The molecular formula is C19H22F3N3O. The first-order chi connectivity index (χ1) is 12.4. The minimum Gasteiger partial charge on any atom is -0.340 e. The number of pyridine rings is 1. The van der Waals surface area contributed by atoms with E-state index in [0.717, 1.165) is 18.9 Å². The summed E-state index contributed by atoms with van der Waals surface area (Å²) in [6, 6.07) is 8.28. The fourth-order valence-corrected chi connectivity index (χ4v) is 2.61. The standard InChI is InChI=1S/C19H22F3N3O/c1-3-11-25(12-4-2)18(26)14-9-10-17(23-13-14)24-16-8-6-5-7-15(16)19(20,21)22/h5-10,13H,3-4,11-12H2,1-2H3,(H,23,24). The number of carbonyl (C=O) groups is 1. The quantitative estimate of drug-likeness (QED) is 0.742. The van der Waals surface area contributed by atoms with Crippen LogP contribution in [0.2, 0.25) is 0 Å². The smallest absolute Gasteiger partial charge is 0.340 e. The van der Waals surface area contributed by atoms with Crippen LogP contribution in [0.1, 0.15) is 42.6 Å². The molecule has 0 radical (unpaired) electrons. The van der Waals surface area contributed by atoms with Gasteiger partial charge in [0.05, 0.1) is 16.8 Å². The van der Waals surface area contributed by atoms with Crippen molar-refractivity contribution in [1.29, 1.82) is 0 Å². The molecule has 0 fully saturated rings. The number of carbonyl (C=O) groups excluding carboxylic acids is 1. The van der Waals surface area contributed by atoms with Crippen LogP contribution in [0.25, 0.3) is 0 Å². The Morgan fingerprint density at radius 3 is 2.27 bits per heavy atom. The number of nitrogens with one attached hydrogen (secondary N) is 1. The van der Waals surface area contributed by atoms with E-state index < -0.39 is 11.7 Å². The lowest BCUT2D eigenvalue weighted by Crippen LogP contribution is -2.32. The molecule has 0 unspecified atom stereocenters. The normalized spacial score (nSPS) is 11.3. The van der Waals surface area contributed by atoms with Gasteiger partial charge in [-0.05, 0) is 37.1 Å². The van der Waals surface area contributed by atoms with E-state index in [4.69, 9.17) is 0 Å². The highest BCUT2D eigenvalue weighted by atomic mass is 19.4. The van der Waals surface area contributed by atoms with Gasteiger partial charge in [0.1, 0.15) is 5.82 Å². The van der Waals surface area contributed by atoms with Gasteiger partial charge in [0, 0.05) is 19.3 Å². The maximum absolute atomic E-state index is 13.0. The third-order valence-corrected chi connectivity index (χ3v) is 3.78. The molecule has 0 bridgehead atoms. The van der Waals surface area contributed by atoms with Crippen LogP contribution in [0.4, 0.5) is 24.7 Å². The topological polar surface area (TPSA) is 45.2 Å². The number of anilines is 2. The lowest BCUT2D eigenvalue weighted by Gasteiger charge is -2.21. The zero-order chi connectivity index (χ0) is 19.2. The Kier molecular flexibility index (Phi) is 6.60. The molecule has 1 heterocycles. The number of alkyl halides is 3. The average molecular weight is 365 g/mol. The van der Waals surface area contributed by atoms with Crippen molar-refractivity contribution in [3.8, 4) is 0 Å². The summed E-state index contributed by atoms with van der Waals surface area (Å²) in [7, 11) is 0. The fourth-order valence-electron chi connectivity index (χ4n) is 2.61. The van der Waals surface area contributed by atoms with E-state index in [9.17, 15) is 18.0 Å². The molecule has 4 nitrogen and oxygen atoms in total. The molecule has 26 heavy (non-hydrogen) atoms. The van der Waals surface area contributed by atoms with Crippen molar-refractivity contribution in [2.45, 2.75) is 32.9 Å². The third kappa shape index (κ3) is 4.97. The Labute approximate surface area is 151 Å². The van der Waals surface area contributed by atoms with Gasteiger partial charge in [-0.3, -0.25) is 4.79 Å². The number of nitrogens with zero attached hydrogens (tertiary/aromatic N) is 2. The van der Waals surface area contributed by atoms with Crippen molar-refractivity contribution in [2.24, 2.45) is 0 Å². The number of halogens is 3. The summed E-state index contributed by atoms with van der Waals surface area (Å²) in [6.07, 6.45) is -1.36. The minimum atomic E-state index is -4.46. The van der Waals surface area contributed by atoms with E-state index in [0.29, 0.717) is 18.7 Å². The Hall–Kier alpha value is -2.57. The molecule has 7 heteroatoms. The first-order valence-electron chi connectivity index (χ1n) is 8.55. The van der Waals surface area contributed by atoms with Crippen LogP contribution >= 0.6 is 0 Å². The number of benzene rings is 1. The summed E-state index contributed by atoms with van der Waals surface area (Å²) in [5.74, 6) is 0.124. The first-order valence-corrected chi connectivity index (χ1v) is 8.55. The van der Waals surface area contributed by atoms with E-state index in [1.54, 1.807) is 11.0 Å². The average Bonchev–Trinajstić information content (AvgIpc) is 2.61. The number of amides is 1. The lowest BCUT2D eigenvalue weighted by molar-refractivity contribution is -0.136. The Morgan fingerprint density at radius 2 is 1.73 bits per heavy atom. The van der Waals surface area contributed by atoms with Crippen LogP contribution in [-0.2, 0) is 6.18 Å². The third-order valence-electron chi connectivity index (χ3n) is 3.78. The highest BCUT2D eigenvalue weighted by Crippen LogP contribution is 2.35. The number of hydrogen-bond acceptors (Lipinski definition) is 3. The molecule has 1 N–H and O–H groups in total. The highest BCUT2D eigenvalue weighted by molar-refractivity contribution is 5.94. The molecule has 0 saturated heterocycles. The van der Waals surface area contributed by atoms with Gasteiger partial charge in [-0.2, -0.15) is 13.2 Å². The molecular weight excluding hydrogens is 343 g/mol. The number of aromatic nitrogens is 1. The summed E-state index contributed by atoms with van der Waals surface area (Å²) in [5, 5.41) is 2.67. The second-order valence-corrected chi connectivity index (χ2v) is 5.89. The second kappa shape index (κ2) is 8.69. The summed E-state index contributed by atoms with van der Waals surface area (Å²) in [6.45, 7) is 5.32. The van der Waals surface area contributed by atoms with Gasteiger partial charge in [0.15, 0.2) is 0 Å². The maximum Gasteiger partial charge on any atom is 0.418 e. The molecule has 2 aromatic rings. The summed E-state index contributed by atoms with van der Waals surface area (Å²) >= 11 is 0. The SMILES string of the molecule is CCCN(CCC)C(=O)c1ccc(Nc2ccccc2C(F)(F)F)nc1. The van der Waals surface area contributed by atoms with Crippen LogP contribution in [0.5, 0.6) is 0 Å². The Morgan fingerprint density at radius 1 is 1.08 bits per heavy atom. The molecule has 0 aliphatic heterocycles. The zero-order valence-electron chi connectivity index (χ0n) is 14.8. The van der Waals surface area contributed by atoms with Crippen molar-refractivity contribution in [1.82, 2.24) is 9.88 Å². The molecule has 0 aliphatic carbocycles. The molecule has 1 aromatic carbocycles. The molecule has 0 atom stereocenters. The largest absolute Gasteiger partial charge is 0.418 e. The van der Waals surface area contributed by atoms with Crippen LogP contribution in [-0.4, -0.2) is 28.9 Å². The van der Waals surface area contributed by atoms with Gasteiger partial charge in [0.2, 0.25) is 0 Å². The van der Waals surface area contributed by atoms with E-state index in [1.165, 1.54) is 30.5 Å². The predicted octanol–water partition coefficient (Wildman–Crippen LogP) is 5.11. The van der Waals surface area contributed by atoms with E-state index in [1.807, 2.05) is 13.8 Å². The van der Waals surface area contributed by atoms with Gasteiger partial charge < -0.3 is 10.2 Å². The zero-order valence-corrected chi connectivity index (χ0v) is 14.8. The summed E-state index contributed by atoms with van der Waals surface area (Å²) in [5.41, 5.74) is -0.425. The van der Waals surface area contributed by atoms with Crippen LogP contribution in [0, 0.1) is 0 Å². The Balaban J connectivity index is 2.17. The molecule has 0 aliphatic rings. The van der Waals surface area contributed by atoms with Crippen LogP contribution in [0.3, 0.4) is 0 Å². The fraction of sp³-hybridized carbons (Fsp3) is 0.368. The van der Waals surface area contributed by atoms with Crippen molar-refractivity contribution in [3.63, 3.8) is 0 Å². The number of para-hydroxylation sites is 1. The molecule has 1 aromatic heterocycles.